The Balaban J connectivity index is 1.85. The number of piperidine rings is 1. The van der Waals surface area contributed by atoms with Gasteiger partial charge in [-0.2, -0.15) is 0 Å². The third-order valence-electron chi connectivity index (χ3n) is 3.40. The van der Waals surface area contributed by atoms with Crippen molar-refractivity contribution in [3.8, 4) is 0 Å². The van der Waals surface area contributed by atoms with Gasteiger partial charge in [-0.15, -0.1) is 0 Å². The first kappa shape index (κ1) is 14.8. The highest BCUT2D eigenvalue weighted by molar-refractivity contribution is 9.10. The molecule has 1 fully saturated rings. The number of ether oxygens (including phenoxy) is 2. The summed E-state index contributed by atoms with van der Waals surface area (Å²) in [6, 6.07) is 2.11. The summed E-state index contributed by atoms with van der Waals surface area (Å²) < 4.78 is 11.8. The van der Waals surface area contributed by atoms with Crippen molar-refractivity contribution < 1.29 is 9.47 Å². The summed E-state index contributed by atoms with van der Waals surface area (Å²) in [7, 11) is 1.70. The molecule has 5 heteroatoms. The van der Waals surface area contributed by atoms with Gasteiger partial charge in [0.15, 0.2) is 0 Å². The van der Waals surface area contributed by atoms with Crippen molar-refractivity contribution in [1.82, 2.24) is 4.98 Å². The molecule has 2 heterocycles. The molecular weight excluding hydrogens is 308 g/mol. The zero-order valence-corrected chi connectivity index (χ0v) is 13.1. The minimum Gasteiger partial charge on any atom is -0.382 e. The van der Waals surface area contributed by atoms with Crippen LogP contribution in [0.15, 0.2) is 16.7 Å². The number of methoxy groups -OCH3 is 1. The minimum absolute atomic E-state index is 0.363. The van der Waals surface area contributed by atoms with E-state index in [9.17, 15) is 0 Å². The number of anilines is 1. The van der Waals surface area contributed by atoms with Crippen molar-refractivity contribution in [1.29, 1.82) is 0 Å². The number of nitrogens with zero attached hydrogens (tertiary/aromatic N) is 2. The molecule has 1 aliphatic rings. The lowest BCUT2D eigenvalue weighted by molar-refractivity contribution is 0.00603. The highest BCUT2D eigenvalue weighted by Gasteiger charge is 2.21. The molecule has 0 aliphatic carbocycles. The van der Waals surface area contributed by atoms with E-state index in [0.29, 0.717) is 19.3 Å². The van der Waals surface area contributed by atoms with E-state index in [0.717, 1.165) is 36.2 Å². The summed E-state index contributed by atoms with van der Waals surface area (Å²) >= 11 is 3.45. The van der Waals surface area contributed by atoms with E-state index in [1.54, 1.807) is 7.11 Å². The Morgan fingerprint density at radius 2 is 2.11 bits per heavy atom. The maximum Gasteiger partial charge on any atom is 0.131 e. The van der Waals surface area contributed by atoms with Crippen LogP contribution in [0.2, 0.25) is 0 Å². The molecule has 106 valence electrons. The molecular formula is C14H21BrN2O2. The van der Waals surface area contributed by atoms with Crippen LogP contribution in [0, 0.1) is 6.92 Å². The molecule has 0 N–H and O–H groups in total. The van der Waals surface area contributed by atoms with Gasteiger partial charge in [-0.25, -0.2) is 4.98 Å². The molecule has 1 aromatic rings. The first-order chi connectivity index (χ1) is 9.20. The van der Waals surface area contributed by atoms with E-state index in [2.05, 4.69) is 38.8 Å². The maximum atomic E-state index is 5.78. The Kier molecular flexibility index (Phi) is 5.60. The minimum atomic E-state index is 0.363. The van der Waals surface area contributed by atoms with Gasteiger partial charge in [-0.05, 0) is 47.3 Å². The maximum absolute atomic E-state index is 5.78. The third kappa shape index (κ3) is 4.16. The second-order valence-electron chi connectivity index (χ2n) is 4.84. The van der Waals surface area contributed by atoms with E-state index in [1.165, 1.54) is 5.56 Å². The fourth-order valence-corrected chi connectivity index (χ4v) is 2.84. The fraction of sp³-hybridized carbons (Fsp3) is 0.643. The van der Waals surface area contributed by atoms with Gasteiger partial charge in [-0.1, -0.05) is 0 Å². The molecule has 0 radical (unpaired) electrons. The first-order valence-corrected chi connectivity index (χ1v) is 7.47. The van der Waals surface area contributed by atoms with Crippen LogP contribution < -0.4 is 4.90 Å². The molecule has 0 bridgehead atoms. The summed E-state index contributed by atoms with van der Waals surface area (Å²) in [5, 5.41) is 0. The third-order valence-corrected chi connectivity index (χ3v) is 3.83. The molecule has 0 aromatic carbocycles. The van der Waals surface area contributed by atoms with Crippen molar-refractivity contribution in [2.45, 2.75) is 25.9 Å². The fourth-order valence-electron chi connectivity index (χ4n) is 2.40. The number of hydrogen-bond acceptors (Lipinski definition) is 4. The number of hydrogen-bond donors (Lipinski definition) is 0. The smallest absolute Gasteiger partial charge is 0.131 e. The zero-order chi connectivity index (χ0) is 13.7. The number of pyridine rings is 1. The lowest BCUT2D eigenvalue weighted by Gasteiger charge is -2.33. The molecule has 0 atom stereocenters. The summed E-state index contributed by atoms with van der Waals surface area (Å²) in [4.78, 5) is 6.87. The number of aryl methyl sites for hydroxylation is 1. The summed E-state index contributed by atoms with van der Waals surface area (Å²) in [6.07, 6.45) is 4.34. The van der Waals surface area contributed by atoms with E-state index >= 15 is 0 Å². The van der Waals surface area contributed by atoms with Crippen molar-refractivity contribution in [2.75, 3.05) is 38.3 Å². The van der Waals surface area contributed by atoms with Crippen LogP contribution in [0.5, 0.6) is 0 Å². The lowest BCUT2D eigenvalue weighted by atomic mass is 10.1. The van der Waals surface area contributed by atoms with Gasteiger partial charge in [-0.3, -0.25) is 0 Å². The van der Waals surface area contributed by atoms with Crippen molar-refractivity contribution in [3.05, 3.63) is 22.3 Å². The van der Waals surface area contributed by atoms with E-state index in [1.807, 2.05) is 6.20 Å². The molecule has 1 saturated heterocycles. The predicted octanol–water partition coefficient (Wildman–Crippen LogP) is 2.78. The standard InChI is InChI=1S/C14H21BrN2O2/c1-11-9-12(15)10-16-14(11)17-5-3-13(4-6-17)19-8-7-18-2/h9-10,13H,3-8H2,1-2H3. The van der Waals surface area contributed by atoms with Crippen LogP contribution >= 0.6 is 15.9 Å². The second kappa shape index (κ2) is 7.22. The highest BCUT2D eigenvalue weighted by atomic mass is 79.9. The summed E-state index contributed by atoms with van der Waals surface area (Å²) in [5.74, 6) is 1.10. The van der Waals surface area contributed by atoms with Gasteiger partial charge in [0, 0.05) is 30.9 Å². The largest absolute Gasteiger partial charge is 0.382 e. The second-order valence-corrected chi connectivity index (χ2v) is 5.76. The number of aromatic nitrogens is 1. The first-order valence-electron chi connectivity index (χ1n) is 6.68. The van der Waals surface area contributed by atoms with Crippen LogP contribution in [0.25, 0.3) is 0 Å². The van der Waals surface area contributed by atoms with Crippen LogP contribution in [-0.4, -0.2) is 44.5 Å². The van der Waals surface area contributed by atoms with E-state index < -0.39 is 0 Å². The Morgan fingerprint density at radius 3 is 2.74 bits per heavy atom. The monoisotopic (exact) mass is 328 g/mol. The van der Waals surface area contributed by atoms with Crippen molar-refractivity contribution in [2.24, 2.45) is 0 Å². The van der Waals surface area contributed by atoms with E-state index in [4.69, 9.17) is 9.47 Å². The van der Waals surface area contributed by atoms with Crippen LogP contribution in [0.3, 0.4) is 0 Å². The van der Waals surface area contributed by atoms with Gasteiger partial charge >= 0.3 is 0 Å². The average molecular weight is 329 g/mol. The molecule has 19 heavy (non-hydrogen) atoms. The Morgan fingerprint density at radius 1 is 1.37 bits per heavy atom. The van der Waals surface area contributed by atoms with Gasteiger partial charge in [0.05, 0.1) is 19.3 Å². The summed E-state index contributed by atoms with van der Waals surface area (Å²) in [5.41, 5.74) is 1.22. The topological polar surface area (TPSA) is 34.6 Å². The van der Waals surface area contributed by atoms with Gasteiger partial charge in [0.2, 0.25) is 0 Å². The Hall–Kier alpha value is -0.650. The van der Waals surface area contributed by atoms with Crippen LogP contribution in [0.1, 0.15) is 18.4 Å². The lowest BCUT2D eigenvalue weighted by Crippen LogP contribution is -2.38. The molecule has 2 rings (SSSR count). The Bertz CT molecular complexity index is 406. The predicted molar refractivity (Wildman–Crippen MR) is 79.7 cm³/mol. The molecule has 4 nitrogen and oxygen atoms in total. The zero-order valence-electron chi connectivity index (χ0n) is 11.6. The molecule has 0 saturated carbocycles. The SMILES string of the molecule is COCCOC1CCN(c2ncc(Br)cc2C)CC1. The molecule has 0 spiro atoms. The quantitative estimate of drug-likeness (QED) is 0.778. The number of rotatable bonds is 5. The van der Waals surface area contributed by atoms with Crippen molar-refractivity contribution in [3.63, 3.8) is 0 Å². The molecule has 1 aromatic heterocycles. The van der Waals surface area contributed by atoms with Crippen LogP contribution in [-0.2, 0) is 9.47 Å². The normalized spacial score (nSPS) is 16.9. The molecule has 0 amide bonds. The van der Waals surface area contributed by atoms with Gasteiger partial charge < -0.3 is 14.4 Å². The Labute approximate surface area is 123 Å². The molecule has 0 unspecified atom stereocenters. The van der Waals surface area contributed by atoms with E-state index in [-0.39, 0.29) is 0 Å². The van der Waals surface area contributed by atoms with Gasteiger partial charge in [0.25, 0.3) is 0 Å². The van der Waals surface area contributed by atoms with Gasteiger partial charge in [0.1, 0.15) is 5.82 Å². The molecule has 1 aliphatic heterocycles. The van der Waals surface area contributed by atoms with Crippen molar-refractivity contribution >= 4 is 21.7 Å². The van der Waals surface area contributed by atoms with Crippen LogP contribution in [0.4, 0.5) is 5.82 Å². The average Bonchev–Trinajstić information content (AvgIpc) is 2.40. The number of halogens is 1. The summed E-state index contributed by atoms with van der Waals surface area (Å²) in [6.45, 7) is 5.48. The highest BCUT2D eigenvalue weighted by Crippen LogP contribution is 2.24.